The molecule has 1 N–H and O–H groups in total. The van der Waals surface area contributed by atoms with Crippen molar-refractivity contribution >= 4 is 5.97 Å². The van der Waals surface area contributed by atoms with E-state index in [9.17, 15) is 4.79 Å². The van der Waals surface area contributed by atoms with Crippen LogP contribution in [0.15, 0.2) is 4.52 Å². The molecular weight excluding hydrogens is 228 g/mol. The molecule has 1 aliphatic rings. The van der Waals surface area contributed by atoms with Gasteiger partial charge in [0.15, 0.2) is 5.82 Å². The number of aliphatic carboxylic acids is 1. The van der Waals surface area contributed by atoms with E-state index in [1.54, 1.807) is 0 Å². The van der Waals surface area contributed by atoms with E-state index >= 15 is 0 Å². The molecule has 1 unspecified atom stereocenters. The lowest BCUT2D eigenvalue weighted by atomic mass is 10.0. The maximum atomic E-state index is 10.2. The van der Waals surface area contributed by atoms with E-state index < -0.39 is 5.97 Å². The zero-order chi connectivity index (χ0) is 12.1. The molecule has 1 aromatic rings. The monoisotopic (exact) mass is 242 g/mol. The molecule has 0 amide bonds. The summed E-state index contributed by atoms with van der Waals surface area (Å²) >= 11 is 0. The maximum absolute atomic E-state index is 10.2. The van der Waals surface area contributed by atoms with Crippen LogP contribution in [0.2, 0.25) is 0 Å². The minimum atomic E-state index is -1.02. The minimum absolute atomic E-state index is 0.0207. The van der Waals surface area contributed by atoms with Crippen molar-refractivity contribution in [3.05, 3.63) is 11.7 Å². The number of hydrogen-bond acceptors (Lipinski definition) is 6. The number of rotatable bonds is 5. The number of aromatic nitrogens is 2. The number of carbonyl (C=O) groups is 1. The van der Waals surface area contributed by atoms with Gasteiger partial charge in [-0.1, -0.05) is 5.16 Å². The second-order valence-electron chi connectivity index (χ2n) is 3.85. The van der Waals surface area contributed by atoms with Gasteiger partial charge in [-0.15, -0.1) is 0 Å². The first-order chi connectivity index (χ1) is 8.25. The first kappa shape index (κ1) is 12.0. The van der Waals surface area contributed by atoms with Crippen LogP contribution in [-0.4, -0.2) is 41.0 Å². The summed E-state index contributed by atoms with van der Waals surface area (Å²) in [6, 6.07) is 0. The Morgan fingerprint density at radius 3 is 3.18 bits per heavy atom. The Morgan fingerprint density at radius 1 is 1.59 bits per heavy atom. The Morgan fingerprint density at radius 2 is 2.47 bits per heavy atom. The van der Waals surface area contributed by atoms with Crippen LogP contribution < -0.4 is 0 Å². The summed E-state index contributed by atoms with van der Waals surface area (Å²) in [6.07, 6.45) is 1.97. The van der Waals surface area contributed by atoms with Crippen LogP contribution in [0.4, 0.5) is 0 Å². The fourth-order valence-corrected chi connectivity index (χ4v) is 1.66. The molecule has 0 saturated carbocycles. The van der Waals surface area contributed by atoms with Gasteiger partial charge in [0.2, 0.25) is 0 Å². The van der Waals surface area contributed by atoms with E-state index in [1.165, 1.54) is 0 Å². The second kappa shape index (κ2) is 5.74. The minimum Gasteiger partial charge on any atom is -0.480 e. The molecule has 0 bridgehead atoms. The van der Waals surface area contributed by atoms with Gasteiger partial charge in [0.25, 0.3) is 5.89 Å². The molecule has 0 aromatic carbocycles. The first-order valence-electron chi connectivity index (χ1n) is 5.45. The van der Waals surface area contributed by atoms with Crippen molar-refractivity contribution in [2.45, 2.75) is 25.4 Å². The van der Waals surface area contributed by atoms with Gasteiger partial charge in [-0.25, -0.2) is 4.79 Å². The molecule has 94 valence electrons. The fraction of sp³-hybridized carbons (Fsp3) is 0.700. The van der Waals surface area contributed by atoms with Crippen molar-refractivity contribution in [1.29, 1.82) is 0 Å². The summed E-state index contributed by atoms with van der Waals surface area (Å²) in [5.41, 5.74) is 0. The lowest BCUT2D eigenvalue weighted by molar-refractivity contribution is -0.142. The van der Waals surface area contributed by atoms with E-state index in [1.807, 2.05) is 0 Å². The number of nitrogens with zero attached hydrogens (tertiary/aromatic N) is 2. The Hall–Kier alpha value is -1.47. The van der Waals surface area contributed by atoms with Crippen molar-refractivity contribution in [2.75, 3.05) is 19.8 Å². The highest BCUT2D eigenvalue weighted by Gasteiger charge is 2.21. The molecule has 2 rings (SSSR count). The zero-order valence-corrected chi connectivity index (χ0v) is 9.29. The van der Waals surface area contributed by atoms with Crippen molar-refractivity contribution in [2.24, 2.45) is 0 Å². The smallest absolute Gasteiger partial charge is 0.329 e. The quantitative estimate of drug-likeness (QED) is 0.806. The predicted octanol–water partition coefficient (Wildman–Crippen LogP) is 0.565. The van der Waals surface area contributed by atoms with Crippen LogP contribution >= 0.6 is 0 Å². The van der Waals surface area contributed by atoms with Crippen LogP contribution in [0.1, 0.15) is 30.5 Å². The molecule has 1 saturated heterocycles. The van der Waals surface area contributed by atoms with Crippen molar-refractivity contribution in [3.63, 3.8) is 0 Å². The highest BCUT2D eigenvalue weighted by Crippen LogP contribution is 2.22. The Labute approximate surface area is 97.7 Å². The molecule has 7 heteroatoms. The molecule has 7 nitrogen and oxygen atoms in total. The largest absolute Gasteiger partial charge is 0.480 e. The molecular formula is C10H14N2O5. The second-order valence-corrected chi connectivity index (χ2v) is 3.85. The fourth-order valence-electron chi connectivity index (χ4n) is 1.66. The van der Waals surface area contributed by atoms with Gasteiger partial charge in [0, 0.05) is 12.5 Å². The Kier molecular flexibility index (Phi) is 4.05. The molecule has 17 heavy (non-hydrogen) atoms. The Balaban J connectivity index is 1.84. The summed E-state index contributed by atoms with van der Waals surface area (Å²) in [5, 5.41) is 12.2. The van der Waals surface area contributed by atoms with Crippen molar-refractivity contribution in [1.82, 2.24) is 10.1 Å². The molecule has 0 radical (unpaired) electrons. The SMILES string of the molecule is O=C(O)COCc1nc(C2CCCOC2)no1. The topological polar surface area (TPSA) is 94.7 Å². The summed E-state index contributed by atoms with van der Waals surface area (Å²) < 4.78 is 15.1. The predicted molar refractivity (Wildman–Crippen MR) is 54.4 cm³/mol. The number of ether oxygens (including phenoxy) is 2. The van der Waals surface area contributed by atoms with Gasteiger partial charge in [0.05, 0.1) is 6.61 Å². The van der Waals surface area contributed by atoms with E-state index in [-0.39, 0.29) is 19.1 Å². The van der Waals surface area contributed by atoms with E-state index in [0.29, 0.717) is 18.3 Å². The van der Waals surface area contributed by atoms with Gasteiger partial charge in [-0.2, -0.15) is 4.98 Å². The molecule has 0 aliphatic carbocycles. The Bertz CT molecular complexity index is 373. The van der Waals surface area contributed by atoms with Gasteiger partial charge in [-0.3, -0.25) is 0 Å². The molecule has 2 heterocycles. The van der Waals surface area contributed by atoms with Crippen LogP contribution in [0.25, 0.3) is 0 Å². The summed E-state index contributed by atoms with van der Waals surface area (Å²) in [6.45, 7) is 1.04. The van der Waals surface area contributed by atoms with Crippen LogP contribution in [-0.2, 0) is 20.9 Å². The van der Waals surface area contributed by atoms with Crippen molar-refractivity contribution < 1.29 is 23.9 Å². The molecule has 1 atom stereocenters. The zero-order valence-electron chi connectivity index (χ0n) is 9.29. The molecule has 1 aromatic heterocycles. The highest BCUT2D eigenvalue weighted by atomic mass is 16.5. The van der Waals surface area contributed by atoms with Gasteiger partial charge < -0.3 is 19.1 Å². The maximum Gasteiger partial charge on any atom is 0.329 e. The van der Waals surface area contributed by atoms with Crippen LogP contribution in [0, 0.1) is 0 Å². The van der Waals surface area contributed by atoms with Gasteiger partial charge in [-0.05, 0) is 12.8 Å². The van der Waals surface area contributed by atoms with Crippen LogP contribution in [0.3, 0.4) is 0 Å². The molecule has 1 aliphatic heterocycles. The highest BCUT2D eigenvalue weighted by molar-refractivity contribution is 5.67. The van der Waals surface area contributed by atoms with Gasteiger partial charge >= 0.3 is 5.97 Å². The number of hydrogen-bond donors (Lipinski definition) is 1. The lowest BCUT2D eigenvalue weighted by Gasteiger charge is -2.18. The third kappa shape index (κ3) is 3.50. The number of carboxylic acid groups (broad SMARTS) is 1. The summed E-state index contributed by atoms with van der Waals surface area (Å²) in [7, 11) is 0. The van der Waals surface area contributed by atoms with Gasteiger partial charge in [0.1, 0.15) is 13.2 Å². The summed E-state index contributed by atoms with van der Waals surface area (Å²) in [4.78, 5) is 14.4. The van der Waals surface area contributed by atoms with Crippen LogP contribution in [0.5, 0.6) is 0 Å². The van der Waals surface area contributed by atoms with E-state index in [4.69, 9.17) is 19.1 Å². The third-order valence-corrected chi connectivity index (χ3v) is 2.46. The molecule has 1 fully saturated rings. The van der Waals surface area contributed by atoms with E-state index in [2.05, 4.69) is 10.1 Å². The average Bonchev–Trinajstić information content (AvgIpc) is 2.78. The van der Waals surface area contributed by atoms with Crippen molar-refractivity contribution in [3.8, 4) is 0 Å². The normalized spacial score (nSPS) is 20.4. The third-order valence-electron chi connectivity index (χ3n) is 2.46. The average molecular weight is 242 g/mol. The summed E-state index contributed by atoms with van der Waals surface area (Å²) in [5.74, 6) is 0.0524. The lowest BCUT2D eigenvalue weighted by Crippen LogP contribution is -2.16. The first-order valence-corrected chi connectivity index (χ1v) is 5.45. The standard InChI is InChI=1S/C10H14N2O5/c13-9(14)6-16-5-8-11-10(12-17-8)7-2-1-3-15-4-7/h7H,1-6H2,(H,13,14). The number of carboxylic acids is 1. The van der Waals surface area contributed by atoms with E-state index in [0.717, 1.165) is 19.4 Å². The molecule has 0 spiro atoms.